The van der Waals surface area contributed by atoms with Crippen molar-refractivity contribution in [2.45, 2.75) is 32.2 Å². The Bertz CT molecular complexity index is 852. The Labute approximate surface area is 170 Å². The SMILES string of the molecule is Cc1cc(C#N)ccc1N1CCN(C(=O)[C@H]2NCC3(CC3)C[C@@H]2C(=O)NO)CC1. The summed E-state index contributed by atoms with van der Waals surface area (Å²) in [7, 11) is 0. The van der Waals surface area contributed by atoms with Gasteiger partial charge in [-0.25, -0.2) is 5.48 Å². The van der Waals surface area contributed by atoms with Crippen molar-refractivity contribution >= 4 is 17.5 Å². The highest BCUT2D eigenvalue weighted by Gasteiger charge is 2.52. The molecule has 3 aliphatic rings. The van der Waals surface area contributed by atoms with E-state index in [0.29, 0.717) is 38.2 Å². The average molecular weight is 397 g/mol. The van der Waals surface area contributed by atoms with Gasteiger partial charge >= 0.3 is 0 Å². The van der Waals surface area contributed by atoms with Gasteiger partial charge in [0, 0.05) is 38.4 Å². The summed E-state index contributed by atoms with van der Waals surface area (Å²) in [6.07, 6.45) is 2.78. The number of piperazine rings is 1. The number of aryl methyl sites for hydroxylation is 1. The molecule has 2 heterocycles. The van der Waals surface area contributed by atoms with E-state index in [0.717, 1.165) is 30.6 Å². The number of carbonyl (C=O) groups excluding carboxylic acids is 2. The number of anilines is 1. The Morgan fingerprint density at radius 2 is 2.00 bits per heavy atom. The van der Waals surface area contributed by atoms with E-state index < -0.39 is 17.9 Å². The maximum atomic E-state index is 13.2. The van der Waals surface area contributed by atoms with Crippen LogP contribution in [0.3, 0.4) is 0 Å². The van der Waals surface area contributed by atoms with Gasteiger partial charge in [0.15, 0.2) is 0 Å². The third kappa shape index (κ3) is 3.80. The number of rotatable bonds is 3. The fraction of sp³-hybridized carbons (Fsp3) is 0.571. The highest BCUT2D eigenvalue weighted by Crippen LogP contribution is 2.52. The summed E-state index contributed by atoms with van der Waals surface area (Å²) in [4.78, 5) is 29.4. The molecule has 1 saturated carbocycles. The van der Waals surface area contributed by atoms with E-state index in [-0.39, 0.29) is 11.3 Å². The molecule has 1 aromatic rings. The maximum Gasteiger partial charge on any atom is 0.248 e. The van der Waals surface area contributed by atoms with Crippen LogP contribution in [0.15, 0.2) is 18.2 Å². The van der Waals surface area contributed by atoms with Crippen LogP contribution in [0.1, 0.15) is 30.4 Å². The van der Waals surface area contributed by atoms with Gasteiger partial charge in [0.2, 0.25) is 11.8 Å². The van der Waals surface area contributed by atoms with Gasteiger partial charge in [-0.05, 0) is 55.4 Å². The van der Waals surface area contributed by atoms with Crippen LogP contribution in [0.25, 0.3) is 0 Å². The van der Waals surface area contributed by atoms with Crippen LogP contribution in [0, 0.1) is 29.6 Å². The van der Waals surface area contributed by atoms with Crippen molar-refractivity contribution in [3.8, 4) is 6.07 Å². The van der Waals surface area contributed by atoms with Crippen LogP contribution in [0.4, 0.5) is 5.69 Å². The van der Waals surface area contributed by atoms with Crippen LogP contribution in [-0.2, 0) is 9.59 Å². The molecule has 3 fully saturated rings. The number of hydrogen-bond acceptors (Lipinski definition) is 6. The van der Waals surface area contributed by atoms with E-state index in [1.165, 1.54) is 0 Å². The first-order chi connectivity index (χ1) is 14.0. The molecule has 4 rings (SSSR count). The number of hydrogen-bond donors (Lipinski definition) is 3. The molecule has 2 saturated heterocycles. The summed E-state index contributed by atoms with van der Waals surface area (Å²) in [5.41, 5.74) is 4.65. The lowest BCUT2D eigenvalue weighted by Gasteiger charge is -2.41. The molecule has 2 atom stereocenters. The Morgan fingerprint density at radius 3 is 2.59 bits per heavy atom. The van der Waals surface area contributed by atoms with Gasteiger partial charge in [0.1, 0.15) is 0 Å². The van der Waals surface area contributed by atoms with E-state index in [9.17, 15) is 9.59 Å². The Kier molecular flexibility index (Phi) is 5.19. The minimum atomic E-state index is -0.587. The molecule has 0 aromatic heterocycles. The number of amides is 2. The molecule has 2 amide bonds. The van der Waals surface area contributed by atoms with Crippen LogP contribution in [0.5, 0.6) is 0 Å². The molecule has 154 valence electrons. The van der Waals surface area contributed by atoms with Gasteiger partial charge in [0.05, 0.1) is 23.6 Å². The van der Waals surface area contributed by atoms with Crippen LogP contribution in [0.2, 0.25) is 0 Å². The number of benzene rings is 1. The quantitative estimate of drug-likeness (QED) is 0.514. The van der Waals surface area contributed by atoms with Gasteiger partial charge < -0.3 is 15.1 Å². The Balaban J connectivity index is 1.41. The molecular formula is C21H27N5O3. The van der Waals surface area contributed by atoms with Crippen LogP contribution < -0.4 is 15.7 Å². The third-order valence-corrected chi connectivity index (χ3v) is 6.68. The predicted octanol–water partition coefficient (Wildman–Crippen LogP) is 0.779. The highest BCUT2D eigenvalue weighted by atomic mass is 16.5. The first kappa shape index (κ1) is 19.7. The Morgan fingerprint density at radius 1 is 1.28 bits per heavy atom. The smallest absolute Gasteiger partial charge is 0.248 e. The molecule has 29 heavy (non-hydrogen) atoms. The summed E-state index contributed by atoms with van der Waals surface area (Å²) >= 11 is 0. The minimum absolute atomic E-state index is 0.0645. The topological polar surface area (TPSA) is 109 Å². The molecule has 3 N–H and O–H groups in total. The summed E-state index contributed by atoms with van der Waals surface area (Å²) in [6, 6.07) is 7.23. The molecule has 0 radical (unpaired) electrons. The van der Waals surface area contributed by atoms with Crippen molar-refractivity contribution in [2.75, 3.05) is 37.6 Å². The van der Waals surface area contributed by atoms with Gasteiger partial charge in [0.25, 0.3) is 0 Å². The Hall–Kier alpha value is -2.63. The lowest BCUT2D eigenvalue weighted by atomic mass is 9.81. The summed E-state index contributed by atoms with van der Waals surface area (Å²) < 4.78 is 0. The van der Waals surface area contributed by atoms with Gasteiger partial charge in [-0.15, -0.1) is 0 Å². The fourth-order valence-electron chi connectivity index (χ4n) is 4.71. The molecule has 0 bridgehead atoms. The van der Waals surface area contributed by atoms with Gasteiger partial charge in [-0.3, -0.25) is 14.8 Å². The fourth-order valence-corrected chi connectivity index (χ4v) is 4.71. The molecule has 8 heteroatoms. The highest BCUT2D eigenvalue weighted by molar-refractivity contribution is 5.90. The second-order valence-corrected chi connectivity index (χ2v) is 8.57. The summed E-state index contributed by atoms with van der Waals surface area (Å²) in [6.45, 7) is 5.30. The standard InChI is InChI=1S/C21H27N5O3/c1-14-10-15(12-22)2-3-17(14)25-6-8-26(9-7-25)20(28)18-16(19(27)24-29)11-21(4-5-21)13-23-18/h2-3,10,16,18,23,29H,4-9,11,13H2,1H3,(H,24,27)/t16-,18-/m0/s1. The monoisotopic (exact) mass is 397 g/mol. The molecule has 0 unspecified atom stereocenters. The molecule has 2 aliphatic heterocycles. The average Bonchev–Trinajstić information content (AvgIpc) is 3.51. The minimum Gasteiger partial charge on any atom is -0.368 e. The number of hydroxylamine groups is 1. The van der Waals surface area contributed by atoms with Gasteiger partial charge in [-0.1, -0.05) is 0 Å². The normalized spacial score (nSPS) is 25.4. The zero-order chi connectivity index (χ0) is 20.6. The molecule has 8 nitrogen and oxygen atoms in total. The summed E-state index contributed by atoms with van der Waals surface area (Å²) in [5.74, 6) is -1.08. The molecule has 1 aromatic carbocycles. The van der Waals surface area contributed by atoms with Crippen molar-refractivity contribution in [3.63, 3.8) is 0 Å². The number of nitrogens with one attached hydrogen (secondary N) is 2. The molecule has 1 spiro atoms. The zero-order valence-corrected chi connectivity index (χ0v) is 16.6. The van der Waals surface area contributed by atoms with Crippen molar-refractivity contribution in [3.05, 3.63) is 29.3 Å². The first-order valence-corrected chi connectivity index (χ1v) is 10.2. The predicted molar refractivity (Wildman–Crippen MR) is 106 cm³/mol. The first-order valence-electron chi connectivity index (χ1n) is 10.2. The van der Waals surface area contributed by atoms with Crippen molar-refractivity contribution < 1.29 is 14.8 Å². The third-order valence-electron chi connectivity index (χ3n) is 6.68. The van der Waals surface area contributed by atoms with E-state index in [4.69, 9.17) is 10.5 Å². The van der Waals surface area contributed by atoms with Crippen LogP contribution in [-0.4, -0.2) is 60.7 Å². The van der Waals surface area contributed by atoms with E-state index in [1.807, 2.05) is 30.0 Å². The number of carbonyl (C=O) groups is 2. The van der Waals surface area contributed by atoms with Crippen molar-refractivity contribution in [1.29, 1.82) is 5.26 Å². The number of nitriles is 1. The van der Waals surface area contributed by atoms with Crippen molar-refractivity contribution in [1.82, 2.24) is 15.7 Å². The number of piperidine rings is 1. The van der Waals surface area contributed by atoms with E-state index >= 15 is 0 Å². The summed E-state index contributed by atoms with van der Waals surface area (Å²) in [5, 5.41) is 21.5. The van der Waals surface area contributed by atoms with Gasteiger partial charge in [-0.2, -0.15) is 5.26 Å². The zero-order valence-electron chi connectivity index (χ0n) is 16.6. The lowest BCUT2D eigenvalue weighted by Crippen LogP contribution is -2.61. The lowest BCUT2D eigenvalue weighted by molar-refractivity contribution is -0.145. The second kappa shape index (κ2) is 7.65. The van der Waals surface area contributed by atoms with E-state index in [2.05, 4.69) is 16.3 Å². The van der Waals surface area contributed by atoms with Crippen LogP contribution >= 0.6 is 0 Å². The number of nitrogens with zero attached hydrogens (tertiary/aromatic N) is 3. The van der Waals surface area contributed by atoms with E-state index in [1.54, 1.807) is 5.48 Å². The second-order valence-electron chi connectivity index (χ2n) is 8.57. The molecule has 1 aliphatic carbocycles. The molecular weight excluding hydrogens is 370 g/mol. The maximum absolute atomic E-state index is 13.2. The largest absolute Gasteiger partial charge is 0.368 e. The van der Waals surface area contributed by atoms with Crippen molar-refractivity contribution in [2.24, 2.45) is 11.3 Å².